The Morgan fingerprint density at radius 2 is 1.54 bits per heavy atom. The molecule has 1 aliphatic rings. The van der Waals surface area contributed by atoms with Crippen molar-refractivity contribution in [2.75, 3.05) is 7.11 Å². The molecule has 1 unspecified atom stereocenters. The number of allylic oxidation sites excluding steroid dienone is 2. The predicted octanol–water partition coefficient (Wildman–Crippen LogP) is 5.04. The molecular formula is C27H30N2O6. The van der Waals surface area contributed by atoms with E-state index in [1.54, 1.807) is 19.9 Å². The molecule has 0 aromatic heterocycles. The van der Waals surface area contributed by atoms with Crippen LogP contribution in [-0.2, 0) is 31.1 Å². The number of carbonyl (C=O) groups excluding carboxylic acids is 2. The third-order valence-corrected chi connectivity index (χ3v) is 6.02. The highest BCUT2D eigenvalue weighted by molar-refractivity contribution is 6.00. The van der Waals surface area contributed by atoms with Crippen LogP contribution in [0.5, 0.6) is 0 Å². The predicted molar refractivity (Wildman–Crippen MR) is 131 cm³/mol. The Morgan fingerprint density at radius 1 is 0.971 bits per heavy atom. The van der Waals surface area contributed by atoms with Crippen molar-refractivity contribution < 1.29 is 24.0 Å². The molecule has 1 heterocycles. The van der Waals surface area contributed by atoms with Crippen LogP contribution >= 0.6 is 0 Å². The lowest BCUT2D eigenvalue weighted by atomic mass is 9.79. The van der Waals surface area contributed by atoms with E-state index in [0.29, 0.717) is 11.4 Å². The second-order valence-electron chi connectivity index (χ2n) is 9.47. The van der Waals surface area contributed by atoms with Gasteiger partial charge in [-0.3, -0.25) is 10.1 Å². The molecule has 2 aromatic rings. The lowest BCUT2D eigenvalue weighted by molar-refractivity contribution is -0.385. The lowest BCUT2D eigenvalue weighted by Gasteiger charge is -2.30. The summed E-state index contributed by atoms with van der Waals surface area (Å²) in [5, 5.41) is 14.8. The number of dihydropyridines is 1. The number of nitrogens with zero attached hydrogens (tertiary/aromatic N) is 1. The fourth-order valence-electron chi connectivity index (χ4n) is 4.18. The third-order valence-electron chi connectivity index (χ3n) is 6.02. The highest BCUT2D eigenvalue weighted by atomic mass is 16.6. The van der Waals surface area contributed by atoms with Crippen LogP contribution in [-0.4, -0.2) is 24.0 Å². The van der Waals surface area contributed by atoms with Crippen molar-refractivity contribution in [1.82, 2.24) is 5.32 Å². The first kappa shape index (κ1) is 25.7. The summed E-state index contributed by atoms with van der Waals surface area (Å²) < 4.78 is 10.6. The number of rotatable bonds is 6. The van der Waals surface area contributed by atoms with E-state index in [1.165, 1.54) is 25.3 Å². The first-order valence-electron chi connectivity index (χ1n) is 11.2. The van der Waals surface area contributed by atoms with E-state index >= 15 is 0 Å². The van der Waals surface area contributed by atoms with Crippen molar-refractivity contribution in [3.63, 3.8) is 0 Å². The van der Waals surface area contributed by atoms with Crippen LogP contribution in [0, 0.1) is 10.1 Å². The summed E-state index contributed by atoms with van der Waals surface area (Å²) in [5.74, 6) is -2.39. The van der Waals surface area contributed by atoms with Crippen molar-refractivity contribution in [3.05, 3.63) is 97.9 Å². The van der Waals surface area contributed by atoms with Gasteiger partial charge in [0, 0.05) is 23.0 Å². The summed E-state index contributed by atoms with van der Waals surface area (Å²) >= 11 is 0. The molecule has 184 valence electrons. The number of nitro groups is 1. The van der Waals surface area contributed by atoms with Crippen molar-refractivity contribution in [2.45, 2.75) is 52.6 Å². The van der Waals surface area contributed by atoms with E-state index in [-0.39, 0.29) is 34.4 Å². The summed E-state index contributed by atoms with van der Waals surface area (Å²) in [4.78, 5) is 37.4. The van der Waals surface area contributed by atoms with Gasteiger partial charge >= 0.3 is 11.9 Å². The van der Waals surface area contributed by atoms with E-state index in [1.807, 2.05) is 24.3 Å². The molecule has 1 N–H and O–H groups in total. The molecule has 0 fully saturated rings. The Bertz CT molecular complexity index is 1220. The summed E-state index contributed by atoms with van der Waals surface area (Å²) in [7, 11) is 1.23. The highest BCUT2D eigenvalue weighted by Gasteiger charge is 2.40. The minimum Gasteiger partial charge on any atom is -0.466 e. The lowest BCUT2D eigenvalue weighted by Crippen LogP contribution is -2.32. The fourth-order valence-corrected chi connectivity index (χ4v) is 4.18. The van der Waals surface area contributed by atoms with Gasteiger partial charge in [-0.2, -0.15) is 0 Å². The maximum atomic E-state index is 13.4. The number of nitrogens with one attached hydrogen (secondary N) is 1. The van der Waals surface area contributed by atoms with Gasteiger partial charge in [-0.25, -0.2) is 9.59 Å². The van der Waals surface area contributed by atoms with E-state index in [0.717, 1.165) is 11.1 Å². The van der Waals surface area contributed by atoms with Crippen LogP contribution < -0.4 is 5.32 Å². The Balaban J connectivity index is 2.00. The minimum atomic E-state index is -1.03. The number of ether oxygens (including phenoxy) is 2. The summed E-state index contributed by atoms with van der Waals surface area (Å²) in [5.41, 5.74) is 3.10. The zero-order valence-electron chi connectivity index (χ0n) is 20.8. The van der Waals surface area contributed by atoms with Crippen LogP contribution in [0.3, 0.4) is 0 Å². The van der Waals surface area contributed by atoms with Crippen molar-refractivity contribution in [2.24, 2.45) is 0 Å². The first-order valence-corrected chi connectivity index (χ1v) is 11.2. The maximum absolute atomic E-state index is 13.4. The molecular weight excluding hydrogens is 448 g/mol. The zero-order valence-corrected chi connectivity index (χ0v) is 20.8. The quantitative estimate of drug-likeness (QED) is 0.352. The van der Waals surface area contributed by atoms with Crippen LogP contribution in [0.15, 0.2) is 71.1 Å². The largest absolute Gasteiger partial charge is 0.466 e. The number of benzene rings is 2. The van der Waals surface area contributed by atoms with E-state index in [9.17, 15) is 19.7 Å². The SMILES string of the molecule is COC(=O)C1=C(C)NC(C)=C(C(=O)OCc2ccc(C(C)(C)C)cc2)C1c1ccccc1[N+](=O)[O-]. The van der Waals surface area contributed by atoms with Gasteiger partial charge in [-0.1, -0.05) is 63.2 Å². The van der Waals surface area contributed by atoms with E-state index < -0.39 is 22.8 Å². The topological polar surface area (TPSA) is 108 Å². The van der Waals surface area contributed by atoms with Gasteiger partial charge in [0.2, 0.25) is 0 Å². The molecule has 0 saturated carbocycles. The van der Waals surface area contributed by atoms with Gasteiger partial charge < -0.3 is 14.8 Å². The molecule has 35 heavy (non-hydrogen) atoms. The molecule has 0 spiro atoms. The minimum absolute atomic E-state index is 0.00298. The molecule has 8 heteroatoms. The first-order chi connectivity index (χ1) is 16.5. The second-order valence-corrected chi connectivity index (χ2v) is 9.47. The van der Waals surface area contributed by atoms with Crippen molar-refractivity contribution in [3.8, 4) is 0 Å². The van der Waals surface area contributed by atoms with Gasteiger partial charge in [0.25, 0.3) is 5.69 Å². The van der Waals surface area contributed by atoms with Gasteiger partial charge in [0.15, 0.2) is 0 Å². The number of nitro benzene ring substituents is 1. The third kappa shape index (κ3) is 5.42. The average Bonchev–Trinajstić information content (AvgIpc) is 2.81. The smallest absolute Gasteiger partial charge is 0.337 e. The van der Waals surface area contributed by atoms with E-state index in [2.05, 4.69) is 26.1 Å². The Morgan fingerprint density at radius 3 is 2.09 bits per heavy atom. The normalized spacial score (nSPS) is 16.0. The molecule has 3 rings (SSSR count). The van der Waals surface area contributed by atoms with E-state index in [4.69, 9.17) is 9.47 Å². The zero-order chi connectivity index (χ0) is 25.9. The summed E-state index contributed by atoms with van der Waals surface area (Å²) in [6.45, 7) is 9.70. The molecule has 2 aromatic carbocycles. The Kier molecular flexibility index (Phi) is 7.43. The summed E-state index contributed by atoms with van der Waals surface area (Å²) in [6.07, 6.45) is 0. The Hall–Kier alpha value is -3.94. The molecule has 0 aliphatic carbocycles. The van der Waals surface area contributed by atoms with Crippen molar-refractivity contribution in [1.29, 1.82) is 0 Å². The molecule has 0 saturated heterocycles. The fraction of sp³-hybridized carbons (Fsp3) is 0.333. The number of hydrogen-bond donors (Lipinski definition) is 1. The molecule has 1 aliphatic heterocycles. The number of esters is 2. The van der Waals surface area contributed by atoms with Crippen LogP contribution in [0.4, 0.5) is 5.69 Å². The molecule has 8 nitrogen and oxygen atoms in total. The summed E-state index contributed by atoms with van der Waals surface area (Å²) in [6, 6.07) is 13.8. The average molecular weight is 479 g/mol. The number of methoxy groups -OCH3 is 1. The number of carbonyl (C=O) groups is 2. The highest BCUT2D eigenvalue weighted by Crippen LogP contribution is 2.42. The number of hydrogen-bond acceptors (Lipinski definition) is 7. The molecule has 0 amide bonds. The molecule has 0 radical (unpaired) electrons. The van der Waals surface area contributed by atoms with Gasteiger partial charge in [-0.05, 0) is 30.4 Å². The Labute approximate surface area is 204 Å². The monoisotopic (exact) mass is 478 g/mol. The second kappa shape index (κ2) is 10.1. The van der Waals surface area contributed by atoms with Gasteiger partial charge in [0.05, 0.1) is 29.1 Å². The standard InChI is InChI=1S/C27H30N2O6/c1-16-22(25(30)34-6)24(20-9-7-8-10-21(20)29(32)33)23(17(2)28-16)26(31)35-15-18-11-13-19(14-12-18)27(3,4)5/h7-14,24,28H,15H2,1-6H3. The molecule has 1 atom stereocenters. The van der Waals surface area contributed by atoms with Crippen molar-refractivity contribution >= 4 is 17.6 Å². The van der Waals surface area contributed by atoms with Gasteiger partial charge in [-0.15, -0.1) is 0 Å². The van der Waals surface area contributed by atoms with Gasteiger partial charge in [0.1, 0.15) is 6.61 Å². The van der Waals surface area contributed by atoms with Crippen LogP contribution in [0.1, 0.15) is 57.2 Å². The number of para-hydroxylation sites is 1. The van der Waals surface area contributed by atoms with Crippen LogP contribution in [0.25, 0.3) is 0 Å². The van der Waals surface area contributed by atoms with Crippen LogP contribution in [0.2, 0.25) is 0 Å². The molecule has 0 bridgehead atoms. The maximum Gasteiger partial charge on any atom is 0.337 e.